The Morgan fingerprint density at radius 1 is 1.33 bits per heavy atom. The van der Waals surface area contributed by atoms with Crippen LogP contribution in [0.5, 0.6) is 5.75 Å². The molecule has 0 aliphatic carbocycles. The Morgan fingerprint density at radius 3 is 2.42 bits per heavy atom. The molecule has 1 aromatic rings. The molecule has 0 saturated heterocycles. The molecule has 0 amide bonds. The van der Waals surface area contributed by atoms with Gasteiger partial charge in [-0.3, -0.25) is 0 Å². The van der Waals surface area contributed by atoms with Crippen molar-refractivity contribution in [3.63, 3.8) is 0 Å². The highest BCUT2D eigenvalue weighted by molar-refractivity contribution is 8.05. The van der Waals surface area contributed by atoms with Gasteiger partial charge < -0.3 is 4.52 Å². The van der Waals surface area contributed by atoms with Crippen LogP contribution in [0.1, 0.15) is 5.56 Å². The summed E-state index contributed by atoms with van der Waals surface area (Å²) in [5, 5.41) is 0. The quantitative estimate of drug-likeness (QED) is 0.712. The number of para-hydroxylation sites is 1. The van der Waals surface area contributed by atoms with Crippen LogP contribution in [0.3, 0.4) is 0 Å². The summed E-state index contributed by atoms with van der Waals surface area (Å²) in [5.41, 5.74) is 0.846. The second-order valence-corrected chi connectivity index (χ2v) is 6.47. The van der Waals surface area contributed by atoms with Gasteiger partial charge in [0.2, 0.25) is 0 Å². The van der Waals surface area contributed by atoms with Crippen molar-refractivity contribution in [2.75, 3.05) is 0 Å². The van der Waals surface area contributed by atoms with Crippen molar-refractivity contribution < 1.29 is 9.09 Å². The molecule has 2 nitrogen and oxygen atoms in total. The Hall–Kier alpha value is -0.170. The summed E-state index contributed by atoms with van der Waals surface area (Å²) in [6.07, 6.45) is -3.47. The molecule has 0 saturated carbocycles. The van der Waals surface area contributed by atoms with Crippen LogP contribution in [0.15, 0.2) is 24.3 Å². The Kier molecular flexibility index (Phi) is 3.05. The maximum absolute atomic E-state index is 10.8. The SMILES string of the molecule is Cc1ccccc1OP(=O)(Cl)Cl. The zero-order valence-electron chi connectivity index (χ0n) is 6.33. The average molecular weight is 225 g/mol. The lowest BCUT2D eigenvalue weighted by molar-refractivity contribution is 0.511. The van der Waals surface area contributed by atoms with Crippen molar-refractivity contribution >= 4 is 28.6 Å². The van der Waals surface area contributed by atoms with Gasteiger partial charge in [0.15, 0.2) is 0 Å². The highest BCUT2D eigenvalue weighted by Gasteiger charge is 2.16. The average Bonchev–Trinajstić information content (AvgIpc) is 1.91. The molecule has 66 valence electrons. The summed E-state index contributed by atoms with van der Waals surface area (Å²) < 4.78 is 15.7. The second kappa shape index (κ2) is 3.69. The number of benzene rings is 1. The van der Waals surface area contributed by atoms with E-state index in [1.54, 1.807) is 12.1 Å². The molecule has 12 heavy (non-hydrogen) atoms. The van der Waals surface area contributed by atoms with Gasteiger partial charge in [0, 0.05) is 22.5 Å². The van der Waals surface area contributed by atoms with Crippen molar-refractivity contribution in [2.45, 2.75) is 6.92 Å². The maximum atomic E-state index is 10.8. The Balaban J connectivity index is 2.90. The Morgan fingerprint density at radius 2 is 1.92 bits per heavy atom. The van der Waals surface area contributed by atoms with Crippen molar-refractivity contribution in [3.8, 4) is 5.75 Å². The van der Waals surface area contributed by atoms with Gasteiger partial charge in [-0.2, -0.15) is 0 Å². The van der Waals surface area contributed by atoms with Crippen LogP contribution >= 0.6 is 28.6 Å². The summed E-state index contributed by atoms with van der Waals surface area (Å²) in [6.45, 7) is 1.82. The summed E-state index contributed by atoms with van der Waals surface area (Å²) in [4.78, 5) is 0. The van der Waals surface area contributed by atoms with Crippen molar-refractivity contribution in [2.24, 2.45) is 0 Å². The van der Waals surface area contributed by atoms with Crippen LogP contribution in [0.25, 0.3) is 0 Å². The molecule has 0 atom stereocenters. The third-order valence-electron chi connectivity index (χ3n) is 1.30. The molecular weight excluding hydrogens is 218 g/mol. The third kappa shape index (κ3) is 3.06. The minimum Gasteiger partial charge on any atom is -0.422 e. The van der Waals surface area contributed by atoms with E-state index in [1.165, 1.54) is 0 Å². The van der Waals surface area contributed by atoms with Crippen LogP contribution in [0.2, 0.25) is 0 Å². The minimum absolute atomic E-state index is 0.450. The van der Waals surface area contributed by atoms with Crippen LogP contribution in [-0.2, 0) is 4.57 Å². The van der Waals surface area contributed by atoms with Crippen LogP contribution in [0, 0.1) is 6.92 Å². The molecule has 0 radical (unpaired) electrons. The molecule has 0 aliphatic rings. The Bertz CT molecular complexity index is 321. The van der Waals surface area contributed by atoms with Crippen molar-refractivity contribution in [1.29, 1.82) is 0 Å². The number of rotatable bonds is 2. The van der Waals surface area contributed by atoms with E-state index in [2.05, 4.69) is 0 Å². The molecule has 0 unspecified atom stereocenters. The lowest BCUT2D eigenvalue weighted by Crippen LogP contribution is -1.84. The number of hydrogen-bond acceptors (Lipinski definition) is 2. The molecule has 0 heterocycles. The maximum Gasteiger partial charge on any atom is 0.428 e. The first kappa shape index (κ1) is 9.91. The number of aryl methyl sites for hydroxylation is 1. The van der Waals surface area contributed by atoms with E-state index in [1.807, 2.05) is 19.1 Å². The van der Waals surface area contributed by atoms with Crippen LogP contribution in [-0.4, -0.2) is 0 Å². The predicted molar refractivity (Wildman–Crippen MR) is 51.1 cm³/mol. The lowest BCUT2D eigenvalue weighted by Gasteiger charge is -2.07. The van der Waals surface area contributed by atoms with Gasteiger partial charge in [-0.15, -0.1) is 0 Å². The van der Waals surface area contributed by atoms with E-state index in [0.29, 0.717) is 5.75 Å². The molecule has 0 fully saturated rings. The van der Waals surface area contributed by atoms with E-state index in [-0.39, 0.29) is 0 Å². The second-order valence-electron chi connectivity index (χ2n) is 2.27. The van der Waals surface area contributed by atoms with Gasteiger partial charge in [-0.25, -0.2) is 4.57 Å². The summed E-state index contributed by atoms with van der Waals surface area (Å²) in [5.74, 6) is 0.450. The van der Waals surface area contributed by atoms with Gasteiger partial charge in [-0.05, 0) is 18.6 Å². The van der Waals surface area contributed by atoms with E-state index in [4.69, 9.17) is 27.0 Å². The van der Waals surface area contributed by atoms with E-state index >= 15 is 0 Å². The smallest absolute Gasteiger partial charge is 0.422 e. The molecule has 0 N–H and O–H groups in total. The van der Waals surface area contributed by atoms with Crippen molar-refractivity contribution in [1.82, 2.24) is 0 Å². The van der Waals surface area contributed by atoms with Crippen LogP contribution in [0.4, 0.5) is 0 Å². The summed E-state index contributed by atoms with van der Waals surface area (Å²) >= 11 is 10.5. The summed E-state index contributed by atoms with van der Waals surface area (Å²) in [6, 6.07) is 7.08. The van der Waals surface area contributed by atoms with Gasteiger partial charge in [0.25, 0.3) is 0 Å². The molecule has 0 aliphatic heterocycles. The van der Waals surface area contributed by atoms with Crippen LogP contribution < -0.4 is 4.52 Å². The van der Waals surface area contributed by atoms with E-state index in [0.717, 1.165) is 5.56 Å². The molecule has 0 aromatic heterocycles. The number of hydrogen-bond donors (Lipinski definition) is 0. The van der Waals surface area contributed by atoms with Gasteiger partial charge >= 0.3 is 6.07 Å². The Labute approximate surface area is 80.5 Å². The van der Waals surface area contributed by atoms with Gasteiger partial charge in [-0.1, -0.05) is 18.2 Å². The zero-order chi connectivity index (χ0) is 9.19. The fourth-order valence-corrected chi connectivity index (χ4v) is 1.65. The lowest BCUT2D eigenvalue weighted by atomic mass is 10.2. The first-order valence-corrected chi connectivity index (χ1v) is 6.67. The molecule has 1 aromatic carbocycles. The highest BCUT2D eigenvalue weighted by Crippen LogP contribution is 2.57. The predicted octanol–water partition coefficient (Wildman–Crippen LogP) is 3.96. The molecule has 0 bridgehead atoms. The molecular formula is C7H7Cl2O2P. The first-order chi connectivity index (χ1) is 5.49. The molecule has 5 heteroatoms. The fourth-order valence-electron chi connectivity index (χ4n) is 0.773. The first-order valence-electron chi connectivity index (χ1n) is 3.23. The zero-order valence-corrected chi connectivity index (χ0v) is 8.74. The molecule has 1 rings (SSSR count). The van der Waals surface area contributed by atoms with Crippen molar-refractivity contribution in [3.05, 3.63) is 29.8 Å². The largest absolute Gasteiger partial charge is 0.428 e. The van der Waals surface area contributed by atoms with Gasteiger partial charge in [0.05, 0.1) is 0 Å². The normalized spacial score (nSPS) is 11.2. The van der Waals surface area contributed by atoms with E-state index < -0.39 is 6.07 Å². The minimum atomic E-state index is -3.47. The standard InChI is InChI=1S/C7H7Cl2O2P/c1-6-4-2-3-5-7(6)11-12(8,9)10/h2-5H,1H3. The fraction of sp³-hybridized carbons (Fsp3) is 0.143. The highest BCUT2D eigenvalue weighted by atomic mass is 35.9. The van der Waals surface area contributed by atoms with E-state index in [9.17, 15) is 4.57 Å². The van der Waals surface area contributed by atoms with Gasteiger partial charge in [0.1, 0.15) is 5.75 Å². The monoisotopic (exact) mass is 224 g/mol. The molecule has 0 spiro atoms. The summed E-state index contributed by atoms with van der Waals surface area (Å²) in [7, 11) is 0. The topological polar surface area (TPSA) is 26.3 Å². The number of halogens is 2. The third-order valence-corrected chi connectivity index (χ3v) is 2.12.